The van der Waals surface area contributed by atoms with Crippen LogP contribution in [0.15, 0.2) is 18.2 Å². The second-order valence-corrected chi connectivity index (χ2v) is 5.48. The fourth-order valence-electron chi connectivity index (χ4n) is 1.47. The number of aliphatic hydroxyl groups is 2. The van der Waals surface area contributed by atoms with E-state index >= 15 is 0 Å². The van der Waals surface area contributed by atoms with Gasteiger partial charge >= 0.3 is 5.97 Å². The molecular formula is C12H13ClO5S. The predicted octanol–water partition coefficient (Wildman–Crippen LogP) is 1.71. The first-order chi connectivity index (χ1) is 8.82. The van der Waals surface area contributed by atoms with Crippen molar-refractivity contribution in [2.24, 2.45) is 0 Å². The van der Waals surface area contributed by atoms with E-state index in [4.69, 9.17) is 16.7 Å². The molecular weight excluding hydrogens is 292 g/mol. The van der Waals surface area contributed by atoms with Gasteiger partial charge in [0, 0.05) is 17.7 Å². The molecule has 2 atom stereocenters. The van der Waals surface area contributed by atoms with E-state index in [-0.39, 0.29) is 27.0 Å². The first-order valence-corrected chi connectivity index (χ1v) is 6.71. The minimum absolute atomic E-state index is 0.0157. The summed E-state index contributed by atoms with van der Waals surface area (Å²) in [4.78, 5) is 21.8. The number of carbonyl (C=O) groups excluding carboxylic acids is 1. The van der Waals surface area contributed by atoms with Gasteiger partial charge in [0.1, 0.15) is 6.10 Å². The summed E-state index contributed by atoms with van der Waals surface area (Å²) in [5, 5.41) is 28.7. The summed E-state index contributed by atoms with van der Waals surface area (Å²) in [5.74, 6) is -1.26. The van der Waals surface area contributed by atoms with Gasteiger partial charge in [0.25, 0.3) is 0 Å². The lowest BCUT2D eigenvalue weighted by Crippen LogP contribution is -2.23. The number of benzene rings is 1. The number of hydrogen-bond acceptors (Lipinski definition) is 5. The third-order valence-electron chi connectivity index (χ3n) is 2.39. The van der Waals surface area contributed by atoms with Crippen LogP contribution in [-0.2, 0) is 4.79 Å². The molecule has 104 valence electrons. The van der Waals surface area contributed by atoms with Crippen molar-refractivity contribution in [1.29, 1.82) is 0 Å². The van der Waals surface area contributed by atoms with E-state index in [1.54, 1.807) is 0 Å². The molecule has 1 aromatic rings. The Labute approximate surface area is 119 Å². The largest absolute Gasteiger partial charge is 0.478 e. The van der Waals surface area contributed by atoms with Crippen molar-refractivity contribution in [2.45, 2.75) is 19.1 Å². The monoisotopic (exact) mass is 304 g/mol. The highest BCUT2D eigenvalue weighted by molar-refractivity contribution is 8.13. The first-order valence-electron chi connectivity index (χ1n) is 5.35. The molecule has 0 bridgehead atoms. The van der Waals surface area contributed by atoms with Crippen molar-refractivity contribution < 1.29 is 24.9 Å². The lowest BCUT2D eigenvalue weighted by atomic mass is 9.99. The van der Waals surface area contributed by atoms with Gasteiger partial charge in [-0.3, -0.25) is 4.79 Å². The van der Waals surface area contributed by atoms with Crippen molar-refractivity contribution in [3.63, 3.8) is 0 Å². The molecule has 0 spiro atoms. The van der Waals surface area contributed by atoms with E-state index in [9.17, 15) is 19.8 Å². The van der Waals surface area contributed by atoms with E-state index in [0.717, 1.165) is 11.8 Å². The molecule has 0 aliphatic carbocycles. The quantitative estimate of drug-likeness (QED) is 0.766. The maximum Gasteiger partial charge on any atom is 0.336 e. The highest BCUT2D eigenvalue weighted by Gasteiger charge is 2.24. The fourth-order valence-corrected chi connectivity index (χ4v) is 2.23. The summed E-state index contributed by atoms with van der Waals surface area (Å²) in [6.45, 7) is 1.34. The topological polar surface area (TPSA) is 94.8 Å². The first kappa shape index (κ1) is 16.0. The summed E-state index contributed by atoms with van der Waals surface area (Å²) in [6, 6.07) is 3.97. The SMILES string of the molecule is CC(=O)SCC(O)C(O)c1ccc(Cl)cc1C(=O)O. The van der Waals surface area contributed by atoms with E-state index in [1.165, 1.54) is 25.1 Å². The Morgan fingerprint density at radius 2 is 2.00 bits per heavy atom. The minimum atomic E-state index is -1.39. The van der Waals surface area contributed by atoms with Crippen molar-refractivity contribution in [3.8, 4) is 0 Å². The predicted molar refractivity (Wildman–Crippen MR) is 72.5 cm³/mol. The molecule has 19 heavy (non-hydrogen) atoms. The van der Waals surface area contributed by atoms with Gasteiger partial charge in [0.05, 0.1) is 11.7 Å². The molecule has 7 heteroatoms. The Balaban J connectivity index is 2.95. The van der Waals surface area contributed by atoms with E-state index in [1.807, 2.05) is 0 Å². The fraction of sp³-hybridized carbons (Fsp3) is 0.333. The third-order valence-corrected chi connectivity index (χ3v) is 3.54. The molecule has 0 aromatic heterocycles. The number of hydrogen-bond donors (Lipinski definition) is 3. The molecule has 0 heterocycles. The van der Waals surface area contributed by atoms with Gasteiger partial charge in [0.2, 0.25) is 0 Å². The van der Waals surface area contributed by atoms with Crippen molar-refractivity contribution in [3.05, 3.63) is 34.3 Å². The number of carboxylic acid groups (broad SMARTS) is 1. The number of rotatable bonds is 5. The molecule has 1 rings (SSSR count). The Morgan fingerprint density at radius 1 is 1.37 bits per heavy atom. The molecule has 0 fully saturated rings. The second kappa shape index (κ2) is 6.91. The van der Waals surface area contributed by atoms with Crippen LogP contribution in [0, 0.1) is 0 Å². The number of aromatic carboxylic acids is 1. The molecule has 0 saturated heterocycles. The van der Waals surface area contributed by atoms with Gasteiger partial charge in [0.15, 0.2) is 5.12 Å². The van der Waals surface area contributed by atoms with Gasteiger partial charge in [-0.2, -0.15) is 0 Å². The van der Waals surface area contributed by atoms with Crippen molar-refractivity contribution >= 4 is 34.4 Å². The lowest BCUT2D eigenvalue weighted by Gasteiger charge is -2.19. The summed E-state index contributed by atoms with van der Waals surface area (Å²) < 4.78 is 0. The van der Waals surface area contributed by atoms with Crippen LogP contribution in [0.5, 0.6) is 0 Å². The molecule has 3 N–H and O–H groups in total. The van der Waals surface area contributed by atoms with Gasteiger partial charge in [-0.05, 0) is 17.7 Å². The summed E-state index contributed by atoms with van der Waals surface area (Å²) in [6.07, 6.45) is -2.64. The molecule has 0 amide bonds. The third kappa shape index (κ3) is 4.50. The average Bonchev–Trinajstić information content (AvgIpc) is 2.34. The Kier molecular flexibility index (Phi) is 5.81. The minimum Gasteiger partial charge on any atom is -0.478 e. The summed E-state index contributed by atoms with van der Waals surface area (Å²) >= 11 is 6.55. The number of carboxylic acids is 1. The standard InChI is InChI=1S/C12H13ClO5S/c1-6(14)19-5-10(15)11(16)8-3-2-7(13)4-9(8)12(17)18/h2-4,10-11,15-16H,5H2,1H3,(H,17,18). The van der Waals surface area contributed by atoms with Crippen LogP contribution in [-0.4, -0.2) is 38.3 Å². The molecule has 0 aliphatic rings. The summed E-state index contributed by atoms with van der Waals surface area (Å²) in [5.41, 5.74) is -0.111. The molecule has 2 unspecified atom stereocenters. The number of carbonyl (C=O) groups is 2. The Morgan fingerprint density at radius 3 is 2.53 bits per heavy atom. The molecule has 0 saturated carbocycles. The van der Waals surface area contributed by atoms with Crippen LogP contribution >= 0.6 is 23.4 Å². The summed E-state index contributed by atoms with van der Waals surface area (Å²) in [7, 11) is 0. The molecule has 0 radical (unpaired) electrons. The van der Waals surface area contributed by atoms with Gasteiger partial charge in [-0.15, -0.1) is 0 Å². The maximum atomic E-state index is 11.1. The highest BCUT2D eigenvalue weighted by atomic mass is 35.5. The van der Waals surface area contributed by atoms with Crippen LogP contribution in [0.25, 0.3) is 0 Å². The van der Waals surface area contributed by atoms with Crippen molar-refractivity contribution in [1.82, 2.24) is 0 Å². The van der Waals surface area contributed by atoms with Crippen LogP contribution in [0.4, 0.5) is 0 Å². The highest BCUT2D eigenvalue weighted by Crippen LogP contribution is 2.26. The van der Waals surface area contributed by atoms with Crippen molar-refractivity contribution in [2.75, 3.05) is 5.75 Å². The van der Waals surface area contributed by atoms with Crippen LogP contribution in [0.3, 0.4) is 0 Å². The number of aliphatic hydroxyl groups excluding tert-OH is 2. The zero-order chi connectivity index (χ0) is 14.6. The van der Waals surface area contributed by atoms with Crippen LogP contribution in [0.2, 0.25) is 5.02 Å². The van der Waals surface area contributed by atoms with Crippen LogP contribution in [0.1, 0.15) is 28.9 Å². The van der Waals surface area contributed by atoms with E-state index in [0.29, 0.717) is 0 Å². The van der Waals surface area contributed by atoms with Crippen LogP contribution < -0.4 is 0 Å². The normalized spacial score (nSPS) is 13.9. The Hall–Kier alpha value is -1.08. The Bertz CT molecular complexity index is 491. The smallest absolute Gasteiger partial charge is 0.336 e. The number of halogens is 1. The average molecular weight is 305 g/mol. The number of thioether (sulfide) groups is 1. The lowest BCUT2D eigenvalue weighted by molar-refractivity contribution is -0.109. The van der Waals surface area contributed by atoms with E-state index in [2.05, 4.69) is 0 Å². The zero-order valence-electron chi connectivity index (χ0n) is 10.0. The zero-order valence-corrected chi connectivity index (χ0v) is 11.6. The molecule has 0 aliphatic heterocycles. The molecule has 1 aromatic carbocycles. The van der Waals surface area contributed by atoms with Gasteiger partial charge in [-0.1, -0.05) is 29.4 Å². The second-order valence-electron chi connectivity index (χ2n) is 3.85. The maximum absolute atomic E-state index is 11.1. The van der Waals surface area contributed by atoms with E-state index < -0.39 is 18.2 Å². The van der Waals surface area contributed by atoms with Gasteiger partial charge in [-0.25, -0.2) is 4.79 Å². The van der Waals surface area contributed by atoms with Gasteiger partial charge < -0.3 is 15.3 Å². The molecule has 5 nitrogen and oxygen atoms in total.